The van der Waals surface area contributed by atoms with Crippen LogP contribution in [0.2, 0.25) is 5.02 Å². The maximum Gasteiger partial charge on any atom is 0.254 e. The Morgan fingerprint density at radius 3 is 2.77 bits per heavy atom. The molecule has 0 aliphatic carbocycles. The van der Waals surface area contributed by atoms with Crippen molar-refractivity contribution in [3.8, 4) is 11.1 Å². The zero-order valence-corrected chi connectivity index (χ0v) is 14.9. The van der Waals surface area contributed by atoms with Gasteiger partial charge in [-0.05, 0) is 28.1 Å². The lowest BCUT2D eigenvalue weighted by atomic mass is 10.1. The Balaban J connectivity index is 2.39. The molecule has 0 atom stereocenters. The Labute approximate surface area is 144 Å². The second-order valence-electron chi connectivity index (χ2n) is 4.82. The van der Waals surface area contributed by atoms with E-state index in [0.717, 1.165) is 5.03 Å². The second kappa shape index (κ2) is 6.14. The van der Waals surface area contributed by atoms with Crippen molar-refractivity contribution >= 4 is 45.1 Å². The summed E-state index contributed by atoms with van der Waals surface area (Å²) in [5.74, 6) is 0.0475. The number of halogens is 3. The molecular formula is C14H11BrClFN4S. The Morgan fingerprint density at radius 2 is 2.09 bits per heavy atom. The zero-order chi connectivity index (χ0) is 15.9. The van der Waals surface area contributed by atoms with E-state index >= 15 is 0 Å². The SMILES string of the molecule is CC(C)Sc1c(-c2c(F)cccc2Cl)c(Br)nc2ncnn12. The van der Waals surface area contributed by atoms with Crippen molar-refractivity contribution in [3.63, 3.8) is 0 Å². The lowest BCUT2D eigenvalue weighted by Gasteiger charge is -2.15. The number of rotatable bonds is 3. The minimum Gasteiger partial charge on any atom is -0.206 e. The first-order valence-electron chi connectivity index (χ1n) is 6.49. The van der Waals surface area contributed by atoms with E-state index in [1.54, 1.807) is 28.4 Å². The minimum atomic E-state index is -0.403. The van der Waals surface area contributed by atoms with Crippen LogP contribution in [0.3, 0.4) is 0 Å². The predicted octanol–water partition coefficient (Wildman–Crippen LogP) is 4.85. The minimum absolute atomic E-state index is 0.269. The van der Waals surface area contributed by atoms with E-state index < -0.39 is 5.82 Å². The molecule has 8 heteroatoms. The van der Waals surface area contributed by atoms with E-state index in [4.69, 9.17) is 11.6 Å². The van der Waals surface area contributed by atoms with Crippen LogP contribution in [0.15, 0.2) is 34.2 Å². The fourth-order valence-electron chi connectivity index (χ4n) is 2.07. The van der Waals surface area contributed by atoms with Crippen LogP contribution >= 0.6 is 39.3 Å². The summed E-state index contributed by atoms with van der Waals surface area (Å²) in [6.45, 7) is 4.10. The maximum atomic E-state index is 14.4. The third-order valence-electron chi connectivity index (χ3n) is 2.90. The van der Waals surface area contributed by atoms with E-state index in [1.165, 1.54) is 12.4 Å². The Bertz CT molecular complexity index is 832. The van der Waals surface area contributed by atoms with E-state index in [-0.39, 0.29) is 5.25 Å². The van der Waals surface area contributed by atoms with Gasteiger partial charge in [0.05, 0.1) is 10.6 Å². The zero-order valence-electron chi connectivity index (χ0n) is 11.7. The van der Waals surface area contributed by atoms with Crippen LogP contribution in [-0.4, -0.2) is 24.8 Å². The van der Waals surface area contributed by atoms with Gasteiger partial charge in [0.1, 0.15) is 21.8 Å². The first-order valence-corrected chi connectivity index (χ1v) is 8.54. The van der Waals surface area contributed by atoms with Crippen molar-refractivity contribution in [2.45, 2.75) is 24.1 Å². The quantitative estimate of drug-likeness (QED) is 0.465. The Morgan fingerprint density at radius 1 is 1.32 bits per heavy atom. The molecule has 0 aliphatic rings. The number of thioether (sulfide) groups is 1. The second-order valence-corrected chi connectivity index (χ2v) is 7.54. The molecule has 0 saturated heterocycles. The Hall–Kier alpha value is -1.18. The molecule has 0 spiro atoms. The molecule has 2 aromatic heterocycles. The summed E-state index contributed by atoms with van der Waals surface area (Å²) in [5, 5.41) is 5.54. The van der Waals surface area contributed by atoms with Crippen LogP contribution in [0.5, 0.6) is 0 Å². The summed E-state index contributed by atoms with van der Waals surface area (Å²) in [6.07, 6.45) is 1.42. The first kappa shape index (κ1) is 15.7. The predicted molar refractivity (Wildman–Crippen MR) is 89.9 cm³/mol. The molecule has 0 amide bonds. The van der Waals surface area contributed by atoms with Crippen LogP contribution < -0.4 is 0 Å². The number of aromatic nitrogens is 4. The number of hydrogen-bond acceptors (Lipinski definition) is 4. The van der Waals surface area contributed by atoms with Gasteiger partial charge in [0, 0.05) is 10.8 Å². The van der Waals surface area contributed by atoms with E-state index in [1.807, 2.05) is 0 Å². The number of nitrogens with zero attached hydrogens (tertiary/aromatic N) is 4. The van der Waals surface area contributed by atoms with Crippen LogP contribution in [0.1, 0.15) is 13.8 Å². The summed E-state index contributed by atoms with van der Waals surface area (Å²) in [7, 11) is 0. The first-order chi connectivity index (χ1) is 10.5. The van der Waals surface area contributed by atoms with Gasteiger partial charge in [-0.25, -0.2) is 9.37 Å². The molecule has 114 valence electrons. The van der Waals surface area contributed by atoms with Crippen molar-refractivity contribution in [3.05, 3.63) is 40.0 Å². The summed E-state index contributed by atoms with van der Waals surface area (Å²) in [5.41, 5.74) is 0.892. The smallest absolute Gasteiger partial charge is 0.206 e. The highest BCUT2D eigenvalue weighted by Crippen LogP contribution is 2.41. The molecule has 0 aliphatic heterocycles. The molecule has 0 bridgehead atoms. The van der Waals surface area contributed by atoms with Gasteiger partial charge in [-0.3, -0.25) is 0 Å². The molecule has 3 aromatic rings. The largest absolute Gasteiger partial charge is 0.254 e. The highest BCUT2D eigenvalue weighted by molar-refractivity contribution is 9.10. The topological polar surface area (TPSA) is 43.1 Å². The van der Waals surface area contributed by atoms with Crippen molar-refractivity contribution in [1.29, 1.82) is 0 Å². The van der Waals surface area contributed by atoms with E-state index in [0.29, 0.717) is 26.5 Å². The fourth-order valence-corrected chi connectivity index (χ4v) is 4.00. The molecule has 0 N–H and O–H groups in total. The van der Waals surface area contributed by atoms with Crippen molar-refractivity contribution in [2.75, 3.05) is 0 Å². The number of fused-ring (bicyclic) bond motifs is 1. The van der Waals surface area contributed by atoms with Crippen LogP contribution in [0.4, 0.5) is 4.39 Å². The van der Waals surface area contributed by atoms with Gasteiger partial charge in [0.2, 0.25) is 0 Å². The van der Waals surface area contributed by atoms with Crippen LogP contribution in [0, 0.1) is 5.82 Å². The van der Waals surface area contributed by atoms with Crippen LogP contribution in [0.25, 0.3) is 16.9 Å². The van der Waals surface area contributed by atoms with Crippen molar-refractivity contribution in [2.24, 2.45) is 0 Å². The monoisotopic (exact) mass is 400 g/mol. The van der Waals surface area contributed by atoms with Crippen molar-refractivity contribution < 1.29 is 4.39 Å². The maximum absolute atomic E-state index is 14.4. The number of hydrogen-bond donors (Lipinski definition) is 0. The molecule has 1 aromatic carbocycles. The fraction of sp³-hybridized carbons (Fsp3) is 0.214. The average molecular weight is 402 g/mol. The molecule has 0 unspecified atom stereocenters. The average Bonchev–Trinajstić information content (AvgIpc) is 2.88. The van der Waals surface area contributed by atoms with Crippen LogP contribution in [-0.2, 0) is 0 Å². The van der Waals surface area contributed by atoms with Gasteiger partial charge in [-0.1, -0.05) is 31.5 Å². The summed E-state index contributed by atoms with van der Waals surface area (Å²) in [6, 6.07) is 4.61. The molecule has 3 rings (SSSR count). The lowest BCUT2D eigenvalue weighted by molar-refractivity contribution is 0.630. The summed E-state index contributed by atoms with van der Waals surface area (Å²) < 4.78 is 16.5. The van der Waals surface area contributed by atoms with E-state index in [9.17, 15) is 4.39 Å². The highest BCUT2D eigenvalue weighted by atomic mass is 79.9. The molecule has 0 saturated carbocycles. The van der Waals surface area contributed by atoms with Gasteiger partial charge in [-0.2, -0.15) is 14.6 Å². The summed E-state index contributed by atoms with van der Waals surface area (Å²) >= 11 is 11.2. The Kier molecular flexibility index (Phi) is 4.38. The third-order valence-corrected chi connectivity index (χ3v) is 4.86. The lowest BCUT2D eigenvalue weighted by Crippen LogP contribution is -2.04. The van der Waals surface area contributed by atoms with Gasteiger partial charge in [0.25, 0.3) is 5.78 Å². The molecule has 22 heavy (non-hydrogen) atoms. The molecule has 4 nitrogen and oxygen atoms in total. The molecule has 0 radical (unpaired) electrons. The van der Waals surface area contributed by atoms with Gasteiger partial charge < -0.3 is 0 Å². The molecular weight excluding hydrogens is 391 g/mol. The molecule has 2 heterocycles. The molecule has 0 fully saturated rings. The number of benzene rings is 1. The normalized spacial score (nSPS) is 11.5. The van der Waals surface area contributed by atoms with Crippen molar-refractivity contribution in [1.82, 2.24) is 19.6 Å². The summed E-state index contributed by atoms with van der Waals surface area (Å²) in [4.78, 5) is 8.43. The standard InChI is InChI=1S/C14H11BrClFN4S/c1-7(2)22-13-11(10-8(16)4-3-5-9(10)17)12(15)20-14-18-6-19-21(13)14/h3-7H,1-2H3. The van der Waals surface area contributed by atoms with E-state index in [2.05, 4.69) is 44.8 Å². The van der Waals surface area contributed by atoms with Gasteiger partial charge in [0.15, 0.2) is 0 Å². The van der Waals surface area contributed by atoms with Gasteiger partial charge in [-0.15, -0.1) is 11.8 Å². The highest BCUT2D eigenvalue weighted by Gasteiger charge is 2.22. The third kappa shape index (κ3) is 2.73. The van der Waals surface area contributed by atoms with Gasteiger partial charge >= 0.3 is 0 Å².